The summed E-state index contributed by atoms with van der Waals surface area (Å²) in [6.45, 7) is 12.7. The van der Waals surface area contributed by atoms with Gasteiger partial charge in [0.1, 0.15) is 0 Å². The number of carbonyl (C=O) groups is 2. The molecule has 1 aromatic carbocycles. The zero-order valence-corrected chi connectivity index (χ0v) is 24.0. The van der Waals surface area contributed by atoms with E-state index in [1.807, 2.05) is 19.9 Å². The number of rotatable bonds is 9. The van der Waals surface area contributed by atoms with Crippen LogP contribution in [0.5, 0.6) is 0 Å². The second-order valence-corrected chi connectivity index (χ2v) is 9.02. The normalized spacial score (nSPS) is 13.3. The summed E-state index contributed by atoms with van der Waals surface area (Å²) in [4.78, 5) is 30.4. The third-order valence-electron chi connectivity index (χ3n) is 5.92. The Morgan fingerprint density at radius 2 is 1.84 bits per heavy atom. The number of hydrogen-bond acceptors (Lipinski definition) is 6. The first-order valence-corrected chi connectivity index (χ1v) is 13.8. The van der Waals surface area contributed by atoms with Gasteiger partial charge in [-0.1, -0.05) is 78.0 Å². The molecule has 0 spiro atoms. The number of aromatic nitrogens is 2. The Hall–Kier alpha value is -3.55. The lowest BCUT2D eigenvalue weighted by Gasteiger charge is -2.08. The van der Waals surface area contributed by atoms with Gasteiger partial charge in [-0.3, -0.25) is 9.59 Å². The van der Waals surface area contributed by atoms with Crippen molar-refractivity contribution in [2.75, 3.05) is 5.32 Å². The molecule has 0 bridgehead atoms. The third-order valence-corrected chi connectivity index (χ3v) is 5.92. The molecule has 1 aliphatic carbocycles. The van der Waals surface area contributed by atoms with Gasteiger partial charge in [-0.15, -0.1) is 0 Å². The highest BCUT2D eigenvalue weighted by atomic mass is 16.2. The summed E-state index contributed by atoms with van der Waals surface area (Å²) in [5.74, 6) is 0.470. The molecule has 8 heteroatoms. The highest BCUT2D eigenvalue weighted by Gasteiger charge is 2.26. The fourth-order valence-corrected chi connectivity index (χ4v) is 3.67. The smallest absolute Gasteiger partial charge is 0.271 e. The monoisotopic (exact) mass is 522 g/mol. The van der Waals surface area contributed by atoms with Crippen molar-refractivity contribution in [3.05, 3.63) is 64.2 Å². The van der Waals surface area contributed by atoms with Crippen molar-refractivity contribution in [3.8, 4) is 0 Å². The van der Waals surface area contributed by atoms with Crippen LogP contribution in [0, 0.1) is 12.3 Å². The average Bonchev–Trinajstić information content (AvgIpc) is 3.72. The molecule has 2 aliphatic rings. The number of aryl methyl sites for hydroxylation is 1. The van der Waals surface area contributed by atoms with Crippen molar-refractivity contribution < 1.29 is 9.59 Å². The summed E-state index contributed by atoms with van der Waals surface area (Å²) in [7, 11) is 0. The number of primary amides is 1. The Kier molecular flexibility index (Phi) is 15.2. The molecule has 1 saturated carbocycles. The predicted octanol–water partition coefficient (Wildman–Crippen LogP) is 6.66. The summed E-state index contributed by atoms with van der Waals surface area (Å²) < 4.78 is 0. The van der Waals surface area contributed by atoms with Crippen LogP contribution in [0.1, 0.15) is 123 Å². The average molecular weight is 523 g/mol. The molecule has 4 rings (SSSR count). The molecular weight excluding hydrogens is 476 g/mol. The summed E-state index contributed by atoms with van der Waals surface area (Å²) >= 11 is 0. The van der Waals surface area contributed by atoms with E-state index in [9.17, 15) is 9.59 Å². The molecule has 0 atom stereocenters. The number of nitrogens with zero attached hydrogens (tertiary/aromatic N) is 2. The Balaban J connectivity index is 0.000000294. The van der Waals surface area contributed by atoms with Crippen LogP contribution < -0.4 is 16.4 Å². The minimum absolute atomic E-state index is 0.0619. The number of nitrogens with two attached hydrogens (primary N) is 1. The Bertz CT molecular complexity index is 1070. The molecule has 8 nitrogen and oxygen atoms in total. The number of amides is 2. The van der Waals surface area contributed by atoms with Gasteiger partial charge in [-0.05, 0) is 49.8 Å². The molecule has 0 unspecified atom stereocenters. The first kappa shape index (κ1) is 32.5. The first-order valence-electron chi connectivity index (χ1n) is 13.8. The first-order chi connectivity index (χ1) is 18.3. The van der Waals surface area contributed by atoms with Crippen LogP contribution in [0.2, 0.25) is 0 Å². The van der Waals surface area contributed by atoms with Gasteiger partial charge < -0.3 is 21.8 Å². The Morgan fingerprint density at radius 3 is 2.37 bits per heavy atom. The molecule has 5 N–H and O–H groups in total. The van der Waals surface area contributed by atoms with Crippen LogP contribution in [0.25, 0.3) is 0 Å². The number of benzene rings is 1. The van der Waals surface area contributed by atoms with E-state index in [2.05, 4.69) is 46.6 Å². The van der Waals surface area contributed by atoms with Crippen LogP contribution in [0.3, 0.4) is 0 Å². The van der Waals surface area contributed by atoms with Crippen molar-refractivity contribution in [2.45, 2.75) is 99.0 Å². The fraction of sp³-hybridized carbons (Fsp3) is 0.500. The minimum atomic E-state index is -0.657. The third kappa shape index (κ3) is 10.8. The van der Waals surface area contributed by atoms with E-state index in [0.717, 1.165) is 17.7 Å². The van der Waals surface area contributed by atoms with Crippen molar-refractivity contribution in [3.63, 3.8) is 0 Å². The van der Waals surface area contributed by atoms with Crippen molar-refractivity contribution in [1.29, 1.82) is 5.41 Å². The second kappa shape index (κ2) is 17.8. The molecule has 0 radical (unpaired) electrons. The molecule has 2 aromatic rings. The Labute approximate surface area is 228 Å². The van der Waals surface area contributed by atoms with Crippen molar-refractivity contribution in [2.24, 2.45) is 5.73 Å². The molecule has 0 saturated heterocycles. The molecule has 2 heterocycles. The molecular formula is C30H46N6O2. The van der Waals surface area contributed by atoms with Gasteiger partial charge in [0.2, 0.25) is 0 Å². The Morgan fingerprint density at radius 1 is 1.18 bits per heavy atom. The molecule has 1 fully saturated rings. The van der Waals surface area contributed by atoms with E-state index in [0.29, 0.717) is 17.9 Å². The zero-order chi connectivity index (χ0) is 28.5. The largest absolute Gasteiger partial charge is 0.364 e. The van der Waals surface area contributed by atoms with Crippen molar-refractivity contribution in [1.82, 2.24) is 15.3 Å². The zero-order valence-electron chi connectivity index (χ0n) is 24.0. The van der Waals surface area contributed by atoms with Crippen molar-refractivity contribution >= 4 is 23.8 Å². The van der Waals surface area contributed by atoms with E-state index < -0.39 is 5.91 Å². The van der Waals surface area contributed by atoms with Crippen LogP contribution in [0.15, 0.2) is 36.2 Å². The standard InChI is InChI=1S/C11H11NO.C10H13N5O.C7H16.C2H6/c13-11-10-4-3-8(7-1-2-7)5-9(10)6-12-11;1-3-7(4-11)15-10-8(9(12)16)13-5-6(2)14-10;1-3-5-7-6-4-2;1-2/h3-5,7H,1-2,6H2,(H,12,13);3-5,11H,1-2H3,(H2,12,16)(H,14,15);3-7H2,1-2H3;1-2H3/b;7-3+,11-4?;;. The van der Waals surface area contributed by atoms with Gasteiger partial charge >= 0.3 is 0 Å². The van der Waals surface area contributed by atoms with Gasteiger partial charge in [0, 0.05) is 24.5 Å². The van der Waals surface area contributed by atoms with Gasteiger partial charge in [0.05, 0.1) is 11.4 Å². The number of nitrogens with one attached hydrogen (secondary N) is 3. The number of allylic oxidation sites excluding steroid dienone is 2. The lowest BCUT2D eigenvalue weighted by Crippen LogP contribution is -2.18. The van der Waals surface area contributed by atoms with Crippen LogP contribution in [-0.4, -0.2) is 28.0 Å². The highest BCUT2D eigenvalue weighted by molar-refractivity contribution is 5.98. The second-order valence-electron chi connectivity index (χ2n) is 9.02. The summed E-state index contributed by atoms with van der Waals surface area (Å²) in [6, 6.07) is 6.25. The number of hydrogen-bond donors (Lipinski definition) is 4. The number of anilines is 1. The maximum absolute atomic E-state index is 11.3. The lowest BCUT2D eigenvalue weighted by atomic mass is 10.0. The van der Waals surface area contributed by atoms with E-state index in [4.69, 9.17) is 11.1 Å². The topological polar surface area (TPSA) is 134 Å². The van der Waals surface area contributed by atoms with Crippen LogP contribution >= 0.6 is 0 Å². The van der Waals surface area contributed by atoms with E-state index in [-0.39, 0.29) is 17.4 Å². The maximum atomic E-state index is 11.3. The van der Waals surface area contributed by atoms with E-state index in [1.165, 1.54) is 62.3 Å². The number of carbonyl (C=O) groups excluding carboxylic acids is 2. The molecule has 38 heavy (non-hydrogen) atoms. The molecule has 208 valence electrons. The lowest BCUT2D eigenvalue weighted by molar-refractivity contribution is 0.0963. The molecule has 2 amide bonds. The summed E-state index contributed by atoms with van der Waals surface area (Å²) in [5.41, 5.74) is 9.86. The van der Waals surface area contributed by atoms with E-state index >= 15 is 0 Å². The van der Waals surface area contributed by atoms with Crippen LogP contribution in [-0.2, 0) is 6.54 Å². The van der Waals surface area contributed by atoms with Gasteiger partial charge in [-0.2, -0.15) is 0 Å². The molecule has 1 aromatic heterocycles. The van der Waals surface area contributed by atoms with Gasteiger partial charge in [0.15, 0.2) is 11.5 Å². The summed E-state index contributed by atoms with van der Waals surface area (Å²) in [5, 5.41) is 12.8. The predicted molar refractivity (Wildman–Crippen MR) is 157 cm³/mol. The van der Waals surface area contributed by atoms with Gasteiger partial charge in [0.25, 0.3) is 11.8 Å². The van der Waals surface area contributed by atoms with E-state index in [1.54, 1.807) is 19.9 Å². The number of fused-ring (bicyclic) bond motifs is 1. The maximum Gasteiger partial charge on any atom is 0.271 e. The fourth-order valence-electron chi connectivity index (χ4n) is 3.67. The highest BCUT2D eigenvalue weighted by Crippen LogP contribution is 2.40. The number of unbranched alkanes of at least 4 members (excludes halogenated alkanes) is 4. The molecule has 1 aliphatic heterocycles. The van der Waals surface area contributed by atoms with Crippen LogP contribution in [0.4, 0.5) is 5.82 Å². The quantitative estimate of drug-likeness (QED) is 0.216. The van der Waals surface area contributed by atoms with Gasteiger partial charge in [-0.25, -0.2) is 9.97 Å². The SMILES string of the molecule is C/C=C(\C=N)Nc1nc(C)cnc1C(N)=O.CC.CCCCCCC.O=C1NCc2cc(C3CC3)ccc21. The minimum Gasteiger partial charge on any atom is -0.364 e. The summed E-state index contributed by atoms with van der Waals surface area (Å²) in [6.07, 6.45) is 13.9.